The Balaban J connectivity index is 1.54. The number of nitrogens with zero attached hydrogens (tertiary/aromatic N) is 1. The average molecular weight is 357 g/mol. The minimum absolute atomic E-state index is 0.739. The highest BCUT2D eigenvalue weighted by atomic mass is 19.2. The van der Waals surface area contributed by atoms with Crippen molar-refractivity contribution in [1.29, 1.82) is 5.26 Å². The number of benzene rings is 1. The van der Waals surface area contributed by atoms with Crippen molar-refractivity contribution in [3.8, 4) is 6.07 Å². The summed E-state index contributed by atoms with van der Waals surface area (Å²) >= 11 is 0. The summed E-state index contributed by atoms with van der Waals surface area (Å²) < 4.78 is 26.1. The van der Waals surface area contributed by atoms with E-state index < -0.39 is 11.6 Å². The van der Waals surface area contributed by atoms with E-state index in [0.29, 0.717) is 0 Å². The molecule has 0 aromatic heterocycles. The fraction of sp³-hybridized carbons (Fsp3) is 0.522. The quantitative estimate of drug-likeness (QED) is 0.268. The maximum atomic E-state index is 13.2. The molecule has 1 aliphatic rings. The molecule has 0 atom stereocenters. The third-order valence-corrected chi connectivity index (χ3v) is 5.44. The zero-order valence-electron chi connectivity index (χ0n) is 15.5. The van der Waals surface area contributed by atoms with Crippen molar-refractivity contribution in [2.75, 3.05) is 0 Å². The predicted octanol–water partition coefficient (Wildman–Crippen LogP) is 6.90. The molecule has 1 nitrogen and oxygen atoms in total. The number of halogens is 2. The lowest BCUT2D eigenvalue weighted by Gasteiger charge is -2.28. The zero-order valence-corrected chi connectivity index (χ0v) is 15.5. The maximum Gasteiger partial charge on any atom is 0.159 e. The molecule has 0 bridgehead atoms. The summed E-state index contributed by atoms with van der Waals surface area (Å²) in [6.07, 6.45) is 19.4. The van der Waals surface area contributed by atoms with Gasteiger partial charge in [-0.25, -0.2) is 8.78 Å². The van der Waals surface area contributed by atoms with Gasteiger partial charge in [-0.05, 0) is 55.2 Å². The topological polar surface area (TPSA) is 23.8 Å². The Morgan fingerprint density at radius 3 is 2.38 bits per heavy atom. The molecule has 0 N–H and O–H groups in total. The molecule has 1 aliphatic carbocycles. The largest absolute Gasteiger partial charge is 0.204 e. The van der Waals surface area contributed by atoms with Crippen molar-refractivity contribution < 1.29 is 8.78 Å². The highest BCUT2D eigenvalue weighted by Crippen LogP contribution is 2.34. The molecule has 0 aliphatic heterocycles. The van der Waals surface area contributed by atoms with Crippen molar-refractivity contribution in [3.63, 3.8) is 0 Å². The summed E-state index contributed by atoms with van der Waals surface area (Å²) in [7, 11) is 0. The lowest BCUT2D eigenvalue weighted by Crippen LogP contribution is -2.14. The van der Waals surface area contributed by atoms with Crippen molar-refractivity contribution in [3.05, 3.63) is 59.7 Å². The van der Waals surface area contributed by atoms with E-state index in [0.717, 1.165) is 36.7 Å². The maximum absolute atomic E-state index is 13.2. The number of unbranched alkanes of at least 4 members (excludes halogenated alkanes) is 1. The number of rotatable bonds is 9. The molecule has 0 saturated heterocycles. The second kappa shape index (κ2) is 11.6. The normalized spacial score (nSPS) is 20.7. The summed E-state index contributed by atoms with van der Waals surface area (Å²) in [5.74, 6) is 0.180. The van der Waals surface area contributed by atoms with E-state index in [1.807, 2.05) is 12.1 Å². The minimum atomic E-state index is -0.764. The second-order valence-electron chi connectivity index (χ2n) is 7.37. The van der Waals surface area contributed by atoms with Crippen molar-refractivity contribution in [2.45, 2.75) is 64.2 Å². The van der Waals surface area contributed by atoms with Crippen LogP contribution < -0.4 is 0 Å². The molecular formula is C23H29F2N. The van der Waals surface area contributed by atoms with Crippen molar-refractivity contribution in [1.82, 2.24) is 0 Å². The van der Waals surface area contributed by atoms with Gasteiger partial charge in [-0.15, -0.1) is 0 Å². The Hall–Kier alpha value is -1.95. The van der Waals surface area contributed by atoms with Crippen LogP contribution in [-0.4, -0.2) is 0 Å². The Morgan fingerprint density at radius 2 is 1.69 bits per heavy atom. The van der Waals surface area contributed by atoms with Gasteiger partial charge in [0.05, 0.1) is 6.07 Å². The lowest BCUT2D eigenvalue weighted by molar-refractivity contribution is 0.250. The van der Waals surface area contributed by atoms with Gasteiger partial charge in [0.2, 0.25) is 0 Å². The second-order valence-corrected chi connectivity index (χ2v) is 7.37. The molecule has 0 spiro atoms. The molecule has 1 aromatic carbocycles. The van der Waals surface area contributed by atoms with Gasteiger partial charge in [0, 0.05) is 6.08 Å². The zero-order chi connectivity index (χ0) is 18.6. The van der Waals surface area contributed by atoms with Crippen LogP contribution in [0.15, 0.2) is 42.5 Å². The molecule has 1 saturated carbocycles. The van der Waals surface area contributed by atoms with Crippen LogP contribution in [-0.2, 0) is 6.42 Å². The van der Waals surface area contributed by atoms with Crippen LogP contribution in [0.1, 0.15) is 63.4 Å². The third-order valence-electron chi connectivity index (χ3n) is 5.44. The SMILES string of the molecule is N#CC=CC=CCC[C@H]1CC[C@H](CCCCc2ccc(F)c(F)c2)CC1. The summed E-state index contributed by atoms with van der Waals surface area (Å²) in [5.41, 5.74) is 0.894. The Kier molecular flexibility index (Phi) is 9.10. The summed E-state index contributed by atoms with van der Waals surface area (Å²) in [4.78, 5) is 0. The number of allylic oxidation sites excluding steroid dienone is 4. The van der Waals surface area contributed by atoms with Crippen LogP contribution in [0.2, 0.25) is 0 Å². The Labute approximate surface area is 156 Å². The molecule has 0 amide bonds. The van der Waals surface area contributed by atoms with Gasteiger partial charge in [0.25, 0.3) is 0 Å². The monoisotopic (exact) mass is 357 g/mol. The van der Waals surface area contributed by atoms with Gasteiger partial charge >= 0.3 is 0 Å². The van der Waals surface area contributed by atoms with Gasteiger partial charge in [-0.1, -0.05) is 62.8 Å². The summed E-state index contributed by atoms with van der Waals surface area (Å²) in [6, 6.07) is 6.22. The first-order chi connectivity index (χ1) is 12.7. The minimum Gasteiger partial charge on any atom is -0.204 e. The molecule has 0 unspecified atom stereocenters. The van der Waals surface area contributed by atoms with E-state index in [1.54, 1.807) is 12.1 Å². The summed E-state index contributed by atoms with van der Waals surface area (Å²) in [6.45, 7) is 0. The molecule has 140 valence electrons. The highest BCUT2D eigenvalue weighted by Gasteiger charge is 2.20. The number of aryl methyl sites for hydroxylation is 1. The molecule has 3 heteroatoms. The van der Waals surface area contributed by atoms with Crippen LogP contribution in [0.5, 0.6) is 0 Å². The Morgan fingerprint density at radius 1 is 0.962 bits per heavy atom. The first-order valence-corrected chi connectivity index (χ1v) is 9.84. The van der Waals surface area contributed by atoms with E-state index in [1.165, 1.54) is 63.2 Å². The van der Waals surface area contributed by atoms with Gasteiger partial charge in [0.15, 0.2) is 11.6 Å². The molecule has 26 heavy (non-hydrogen) atoms. The third kappa shape index (κ3) is 7.52. The first-order valence-electron chi connectivity index (χ1n) is 9.84. The van der Waals surface area contributed by atoms with Crippen LogP contribution in [0.3, 0.4) is 0 Å². The lowest BCUT2D eigenvalue weighted by atomic mass is 9.78. The van der Waals surface area contributed by atoms with E-state index in [2.05, 4.69) is 6.08 Å². The van der Waals surface area contributed by atoms with Crippen LogP contribution in [0.4, 0.5) is 8.78 Å². The highest BCUT2D eigenvalue weighted by molar-refractivity contribution is 5.17. The molecular weight excluding hydrogens is 328 g/mol. The van der Waals surface area contributed by atoms with Crippen molar-refractivity contribution >= 4 is 0 Å². The standard InChI is InChI=1S/C23H29F2N/c24-22-16-15-21(18-23(22)25)10-6-5-9-20-13-11-19(12-14-20)8-4-2-1-3-7-17-26/h1-3,7,15-16,18-20H,4-6,8-14H2/t19-,20-. The molecule has 0 heterocycles. The van der Waals surface area contributed by atoms with Gasteiger partial charge in [-0.3, -0.25) is 0 Å². The molecule has 1 aromatic rings. The molecule has 1 fully saturated rings. The summed E-state index contributed by atoms with van der Waals surface area (Å²) in [5, 5.41) is 8.41. The van der Waals surface area contributed by atoms with Gasteiger partial charge < -0.3 is 0 Å². The predicted molar refractivity (Wildman–Crippen MR) is 102 cm³/mol. The molecule has 0 radical (unpaired) electrons. The number of nitriles is 1. The fourth-order valence-corrected chi connectivity index (χ4v) is 3.87. The van der Waals surface area contributed by atoms with E-state index in [4.69, 9.17) is 5.26 Å². The van der Waals surface area contributed by atoms with E-state index in [-0.39, 0.29) is 0 Å². The first kappa shape index (κ1) is 20.4. The number of hydrogen-bond acceptors (Lipinski definition) is 1. The molecule has 2 rings (SSSR count). The van der Waals surface area contributed by atoms with Crippen LogP contribution in [0, 0.1) is 34.8 Å². The fourth-order valence-electron chi connectivity index (χ4n) is 3.87. The van der Waals surface area contributed by atoms with Crippen LogP contribution >= 0.6 is 0 Å². The smallest absolute Gasteiger partial charge is 0.159 e. The van der Waals surface area contributed by atoms with Crippen molar-refractivity contribution in [2.24, 2.45) is 11.8 Å². The van der Waals surface area contributed by atoms with E-state index in [9.17, 15) is 8.78 Å². The van der Waals surface area contributed by atoms with Gasteiger partial charge in [-0.2, -0.15) is 5.26 Å². The van der Waals surface area contributed by atoms with Crippen LogP contribution in [0.25, 0.3) is 0 Å². The van der Waals surface area contributed by atoms with Gasteiger partial charge in [0.1, 0.15) is 0 Å². The Bertz CT molecular complexity index is 634. The number of hydrogen-bond donors (Lipinski definition) is 0. The van der Waals surface area contributed by atoms with E-state index >= 15 is 0 Å². The average Bonchev–Trinajstić information content (AvgIpc) is 2.65.